The van der Waals surface area contributed by atoms with Gasteiger partial charge in [-0.3, -0.25) is 14.4 Å². The Bertz CT molecular complexity index is 1100. The number of fused-ring (bicyclic) bond motifs is 2. The fourth-order valence-corrected chi connectivity index (χ4v) is 5.08. The van der Waals surface area contributed by atoms with Gasteiger partial charge in [0.15, 0.2) is 5.17 Å². The predicted octanol–water partition coefficient (Wildman–Crippen LogP) is 2.58. The number of para-hydroxylation sites is 2. The first-order valence-corrected chi connectivity index (χ1v) is 10.6. The van der Waals surface area contributed by atoms with Gasteiger partial charge in [0.2, 0.25) is 16.7 Å². The van der Waals surface area contributed by atoms with Crippen LogP contribution in [-0.2, 0) is 19.3 Å². The lowest BCUT2D eigenvalue weighted by Gasteiger charge is -2.29. The molecule has 1 N–H and O–H groups in total. The summed E-state index contributed by atoms with van der Waals surface area (Å²) in [5.41, 5.74) is 2.36. The van der Waals surface area contributed by atoms with Crippen molar-refractivity contribution in [1.82, 2.24) is 10.3 Å². The molecule has 0 fully saturated rings. The quantitative estimate of drug-likeness (QED) is 0.792. The Balaban J connectivity index is 1.64. The number of hydrogen-bond donors (Lipinski definition) is 1. The van der Waals surface area contributed by atoms with Crippen LogP contribution in [0.4, 0.5) is 5.69 Å². The van der Waals surface area contributed by atoms with Gasteiger partial charge in [-0.2, -0.15) is 5.01 Å². The Morgan fingerprint density at radius 3 is 2.55 bits per heavy atom. The molecule has 0 saturated carbocycles. The molecule has 2 aromatic rings. The molecule has 1 spiro atoms. The number of aryl methyl sites for hydroxylation is 1. The number of thioether (sulfide) groups is 1. The normalized spacial score (nSPS) is 19.5. The molecule has 1 unspecified atom stereocenters. The van der Waals surface area contributed by atoms with Crippen LogP contribution in [0.5, 0.6) is 5.75 Å². The Hall–Kier alpha value is -3.33. The lowest BCUT2D eigenvalue weighted by molar-refractivity contribution is -0.139. The second-order valence-electron chi connectivity index (χ2n) is 7.25. The van der Waals surface area contributed by atoms with E-state index in [1.165, 1.54) is 13.8 Å². The van der Waals surface area contributed by atoms with Gasteiger partial charge in [0.25, 0.3) is 5.91 Å². The number of hydrogen-bond acceptors (Lipinski definition) is 6. The molecule has 0 bridgehead atoms. The largest absolute Gasteiger partial charge is 0.491 e. The first-order valence-electron chi connectivity index (χ1n) is 9.80. The van der Waals surface area contributed by atoms with Crippen molar-refractivity contribution < 1.29 is 19.1 Å². The van der Waals surface area contributed by atoms with Gasteiger partial charge in [0, 0.05) is 19.4 Å². The van der Waals surface area contributed by atoms with Crippen LogP contribution in [0.2, 0.25) is 0 Å². The zero-order valence-electron chi connectivity index (χ0n) is 17.4. The van der Waals surface area contributed by atoms with E-state index >= 15 is 0 Å². The molecule has 2 aromatic carbocycles. The first-order chi connectivity index (χ1) is 14.8. The molecule has 0 aromatic heterocycles. The van der Waals surface area contributed by atoms with Crippen molar-refractivity contribution in [2.24, 2.45) is 5.10 Å². The van der Waals surface area contributed by atoms with Crippen LogP contribution in [0, 0.1) is 6.92 Å². The number of carbonyl (C=O) groups is 3. The summed E-state index contributed by atoms with van der Waals surface area (Å²) in [5, 5.41) is 8.21. The Morgan fingerprint density at radius 1 is 1.13 bits per heavy atom. The molecule has 2 aliphatic heterocycles. The second-order valence-corrected chi connectivity index (χ2v) is 8.43. The van der Waals surface area contributed by atoms with Crippen molar-refractivity contribution in [3.05, 3.63) is 59.7 Å². The van der Waals surface area contributed by atoms with Crippen molar-refractivity contribution in [2.75, 3.05) is 18.1 Å². The van der Waals surface area contributed by atoms with Crippen LogP contribution in [0.1, 0.15) is 25.0 Å². The van der Waals surface area contributed by atoms with Gasteiger partial charge in [-0.05, 0) is 36.4 Å². The van der Waals surface area contributed by atoms with Crippen molar-refractivity contribution in [3.8, 4) is 5.75 Å². The maximum Gasteiger partial charge on any atom is 0.270 e. The number of carbonyl (C=O) groups excluding carboxylic acids is 3. The number of amidine groups is 1. The van der Waals surface area contributed by atoms with E-state index in [2.05, 4.69) is 10.4 Å². The molecule has 4 rings (SSSR count). The Kier molecular flexibility index (Phi) is 5.45. The highest BCUT2D eigenvalue weighted by Gasteiger charge is 2.61. The van der Waals surface area contributed by atoms with Gasteiger partial charge in [-0.15, -0.1) is 5.10 Å². The molecule has 31 heavy (non-hydrogen) atoms. The van der Waals surface area contributed by atoms with E-state index in [1.807, 2.05) is 55.5 Å². The van der Waals surface area contributed by atoms with Gasteiger partial charge in [0.1, 0.15) is 12.4 Å². The summed E-state index contributed by atoms with van der Waals surface area (Å²) < 4.78 is 5.89. The number of nitrogens with zero attached hydrogens (tertiary/aromatic N) is 3. The van der Waals surface area contributed by atoms with Crippen LogP contribution >= 0.6 is 11.8 Å². The topological polar surface area (TPSA) is 91.3 Å². The third-order valence-corrected chi connectivity index (χ3v) is 6.32. The standard InChI is InChI=1S/C22H22N4O4S/c1-14-8-4-7-11-19(14)30-13-12-25-18-10-6-5-9-17(18)22(20(25)29)26(16(3)28)24-21(31-22)23-15(2)27/h4-11H,12-13H2,1-3H3,(H,23,24,27). The summed E-state index contributed by atoms with van der Waals surface area (Å²) in [6.07, 6.45) is 0. The molecule has 1 atom stereocenters. The minimum atomic E-state index is -1.39. The zero-order chi connectivity index (χ0) is 22.2. The number of hydrazone groups is 1. The van der Waals surface area contributed by atoms with E-state index in [1.54, 1.807) is 4.90 Å². The molecular formula is C22H22N4O4S. The van der Waals surface area contributed by atoms with E-state index in [-0.39, 0.29) is 23.6 Å². The molecule has 3 amide bonds. The highest BCUT2D eigenvalue weighted by atomic mass is 32.2. The van der Waals surface area contributed by atoms with Gasteiger partial charge < -0.3 is 15.0 Å². The number of rotatable bonds is 4. The highest BCUT2D eigenvalue weighted by molar-refractivity contribution is 8.15. The number of ether oxygens (including phenoxy) is 1. The summed E-state index contributed by atoms with van der Waals surface area (Å²) in [6, 6.07) is 15.0. The Labute approximate surface area is 184 Å². The molecule has 0 aliphatic carbocycles. The fraction of sp³-hybridized carbons (Fsp3) is 0.273. The van der Waals surface area contributed by atoms with Crippen molar-refractivity contribution in [1.29, 1.82) is 0 Å². The van der Waals surface area contributed by atoms with Gasteiger partial charge in [-0.25, -0.2) is 0 Å². The SMILES string of the molecule is CC(=O)NC1=NN(C(C)=O)C2(S1)C(=O)N(CCOc1ccccc1C)c1ccccc12. The summed E-state index contributed by atoms with van der Waals surface area (Å²) in [5.74, 6) is -0.261. The molecule has 9 heteroatoms. The average Bonchev–Trinajstić information content (AvgIpc) is 3.21. The summed E-state index contributed by atoms with van der Waals surface area (Å²) >= 11 is 1.06. The van der Waals surface area contributed by atoms with Crippen LogP contribution in [0.3, 0.4) is 0 Å². The smallest absolute Gasteiger partial charge is 0.270 e. The van der Waals surface area contributed by atoms with Crippen LogP contribution in [-0.4, -0.2) is 41.0 Å². The van der Waals surface area contributed by atoms with E-state index in [0.717, 1.165) is 28.1 Å². The van der Waals surface area contributed by atoms with Crippen LogP contribution in [0.15, 0.2) is 53.6 Å². The van der Waals surface area contributed by atoms with E-state index < -0.39 is 10.8 Å². The number of benzene rings is 2. The van der Waals surface area contributed by atoms with Gasteiger partial charge in [-0.1, -0.05) is 36.4 Å². The predicted molar refractivity (Wildman–Crippen MR) is 119 cm³/mol. The number of nitrogens with one attached hydrogen (secondary N) is 1. The molecular weight excluding hydrogens is 416 g/mol. The van der Waals surface area contributed by atoms with Gasteiger partial charge >= 0.3 is 0 Å². The monoisotopic (exact) mass is 438 g/mol. The number of amides is 3. The second kappa shape index (κ2) is 8.07. The zero-order valence-corrected chi connectivity index (χ0v) is 18.2. The first kappa shape index (κ1) is 20.9. The lowest BCUT2D eigenvalue weighted by atomic mass is 10.1. The highest BCUT2D eigenvalue weighted by Crippen LogP contribution is 2.54. The molecule has 8 nitrogen and oxygen atoms in total. The maximum atomic E-state index is 13.7. The van der Waals surface area contributed by atoms with Crippen molar-refractivity contribution >= 4 is 40.3 Å². The van der Waals surface area contributed by atoms with Crippen molar-refractivity contribution in [2.45, 2.75) is 25.6 Å². The van der Waals surface area contributed by atoms with Crippen LogP contribution < -0.4 is 15.0 Å². The van der Waals surface area contributed by atoms with E-state index in [0.29, 0.717) is 17.8 Å². The molecule has 0 saturated heterocycles. The van der Waals surface area contributed by atoms with E-state index in [4.69, 9.17) is 4.74 Å². The Morgan fingerprint density at radius 2 is 1.84 bits per heavy atom. The number of anilines is 1. The molecule has 0 radical (unpaired) electrons. The average molecular weight is 439 g/mol. The van der Waals surface area contributed by atoms with Gasteiger partial charge in [0.05, 0.1) is 12.2 Å². The molecule has 160 valence electrons. The minimum Gasteiger partial charge on any atom is -0.491 e. The fourth-order valence-electron chi connectivity index (χ4n) is 3.75. The lowest BCUT2D eigenvalue weighted by Crippen LogP contribution is -2.49. The summed E-state index contributed by atoms with van der Waals surface area (Å²) in [7, 11) is 0. The summed E-state index contributed by atoms with van der Waals surface area (Å²) in [4.78, 5) is 37.9. The van der Waals surface area contributed by atoms with Crippen LogP contribution in [0.25, 0.3) is 0 Å². The molecule has 2 heterocycles. The third kappa shape index (κ3) is 3.54. The minimum absolute atomic E-state index is 0.212. The van der Waals surface area contributed by atoms with E-state index in [9.17, 15) is 14.4 Å². The maximum absolute atomic E-state index is 13.7. The summed E-state index contributed by atoms with van der Waals surface area (Å²) in [6.45, 7) is 5.24. The third-order valence-electron chi connectivity index (χ3n) is 5.08. The van der Waals surface area contributed by atoms with Crippen molar-refractivity contribution in [3.63, 3.8) is 0 Å². The molecule has 2 aliphatic rings.